The summed E-state index contributed by atoms with van der Waals surface area (Å²) in [6.07, 6.45) is -0.650. The third-order valence-electron chi connectivity index (χ3n) is 3.97. The lowest BCUT2D eigenvalue weighted by Crippen LogP contribution is -2.44. The third kappa shape index (κ3) is 4.07. The minimum Gasteiger partial charge on any atom is -0.472 e. The van der Waals surface area contributed by atoms with E-state index in [1.165, 1.54) is 35.6 Å². The molecule has 0 radical (unpaired) electrons. The van der Waals surface area contributed by atoms with Gasteiger partial charge in [-0.2, -0.15) is 13.2 Å². The number of carbonyl (C=O) groups is 1. The second-order valence-corrected chi connectivity index (χ2v) is 5.72. The fourth-order valence-electron chi connectivity index (χ4n) is 2.83. The first-order valence-electron chi connectivity index (χ1n) is 7.83. The van der Waals surface area contributed by atoms with Gasteiger partial charge in [-0.15, -0.1) is 0 Å². The molecule has 1 aliphatic heterocycles. The third-order valence-corrected chi connectivity index (χ3v) is 3.97. The van der Waals surface area contributed by atoms with E-state index >= 15 is 0 Å². The molecule has 0 saturated carbocycles. The highest BCUT2D eigenvalue weighted by molar-refractivity contribution is 5.96. The first kappa shape index (κ1) is 17.2. The summed E-state index contributed by atoms with van der Waals surface area (Å²) in [6, 6.07) is 6.43. The topological polar surface area (TPSA) is 55.3 Å². The van der Waals surface area contributed by atoms with Crippen molar-refractivity contribution in [1.29, 1.82) is 0 Å². The standard InChI is InChI=1S/C17H16F3N3O2/c18-17(19,20)14-6-2-1-5-13(14)16(24)23-9-3-4-12(10-23)25-15-7-8-21-11-22-15/h1-2,5-8,11-12H,3-4,9-10H2. The summed E-state index contributed by atoms with van der Waals surface area (Å²) in [5.41, 5.74) is -1.25. The van der Waals surface area contributed by atoms with Crippen molar-refractivity contribution in [3.63, 3.8) is 0 Å². The van der Waals surface area contributed by atoms with Gasteiger partial charge >= 0.3 is 6.18 Å². The van der Waals surface area contributed by atoms with E-state index in [2.05, 4.69) is 9.97 Å². The monoisotopic (exact) mass is 351 g/mol. The van der Waals surface area contributed by atoms with Crippen LogP contribution in [0, 0.1) is 0 Å². The minimum atomic E-state index is -4.57. The molecular formula is C17H16F3N3O2. The van der Waals surface area contributed by atoms with E-state index in [0.29, 0.717) is 25.3 Å². The summed E-state index contributed by atoms with van der Waals surface area (Å²) in [6.45, 7) is 0.615. The van der Waals surface area contributed by atoms with Gasteiger partial charge in [0.05, 0.1) is 17.7 Å². The Morgan fingerprint density at radius 3 is 2.76 bits per heavy atom. The van der Waals surface area contributed by atoms with Gasteiger partial charge in [-0.05, 0) is 25.0 Å². The quantitative estimate of drug-likeness (QED) is 0.852. The molecule has 1 unspecified atom stereocenters. The lowest BCUT2D eigenvalue weighted by atomic mass is 10.0. The number of halogens is 3. The maximum atomic E-state index is 13.1. The van der Waals surface area contributed by atoms with Crippen LogP contribution < -0.4 is 4.74 Å². The molecule has 2 heterocycles. The average Bonchev–Trinajstić information content (AvgIpc) is 2.61. The lowest BCUT2D eigenvalue weighted by molar-refractivity contribution is -0.138. The Balaban J connectivity index is 1.75. The molecule has 0 spiro atoms. The Kier molecular flexibility index (Phi) is 4.87. The first-order valence-corrected chi connectivity index (χ1v) is 7.83. The van der Waals surface area contributed by atoms with E-state index in [4.69, 9.17) is 4.74 Å². The van der Waals surface area contributed by atoms with Gasteiger partial charge in [0.2, 0.25) is 5.88 Å². The Bertz CT molecular complexity index is 737. The molecule has 1 atom stereocenters. The van der Waals surface area contributed by atoms with Gasteiger partial charge in [0.1, 0.15) is 12.4 Å². The highest BCUT2D eigenvalue weighted by Crippen LogP contribution is 2.32. The number of hydrogen-bond acceptors (Lipinski definition) is 4. The molecule has 3 rings (SSSR count). The molecule has 1 fully saturated rings. The van der Waals surface area contributed by atoms with Crippen molar-refractivity contribution in [1.82, 2.24) is 14.9 Å². The summed E-state index contributed by atoms with van der Waals surface area (Å²) in [7, 11) is 0. The van der Waals surface area contributed by atoms with Gasteiger partial charge in [0.15, 0.2) is 0 Å². The minimum absolute atomic E-state index is 0.217. The zero-order chi connectivity index (χ0) is 17.9. The van der Waals surface area contributed by atoms with Gasteiger partial charge in [-0.1, -0.05) is 12.1 Å². The van der Waals surface area contributed by atoms with Crippen LogP contribution >= 0.6 is 0 Å². The number of piperidine rings is 1. The van der Waals surface area contributed by atoms with Crippen LogP contribution in [0.3, 0.4) is 0 Å². The Morgan fingerprint density at radius 2 is 2.04 bits per heavy atom. The predicted molar refractivity (Wildman–Crippen MR) is 83.0 cm³/mol. The number of likely N-dealkylation sites (tertiary alicyclic amines) is 1. The van der Waals surface area contributed by atoms with Crippen molar-refractivity contribution in [2.45, 2.75) is 25.1 Å². The van der Waals surface area contributed by atoms with Gasteiger partial charge in [-0.3, -0.25) is 4.79 Å². The molecule has 1 aliphatic rings. The van der Waals surface area contributed by atoms with Crippen LogP contribution in [0.15, 0.2) is 42.9 Å². The normalized spacial score (nSPS) is 18.0. The zero-order valence-corrected chi connectivity index (χ0v) is 13.2. The highest BCUT2D eigenvalue weighted by atomic mass is 19.4. The van der Waals surface area contributed by atoms with Crippen LogP contribution in [0.5, 0.6) is 5.88 Å². The van der Waals surface area contributed by atoms with Crippen molar-refractivity contribution in [2.75, 3.05) is 13.1 Å². The molecule has 25 heavy (non-hydrogen) atoms. The maximum Gasteiger partial charge on any atom is 0.417 e. The lowest BCUT2D eigenvalue weighted by Gasteiger charge is -2.33. The van der Waals surface area contributed by atoms with Crippen molar-refractivity contribution in [3.8, 4) is 5.88 Å². The second kappa shape index (κ2) is 7.08. The van der Waals surface area contributed by atoms with Gasteiger partial charge in [0.25, 0.3) is 5.91 Å². The van der Waals surface area contributed by atoms with Crippen molar-refractivity contribution >= 4 is 5.91 Å². The summed E-state index contributed by atoms with van der Waals surface area (Å²) < 4.78 is 45.1. The number of alkyl halides is 3. The molecule has 5 nitrogen and oxygen atoms in total. The number of aromatic nitrogens is 2. The summed E-state index contributed by atoms with van der Waals surface area (Å²) >= 11 is 0. The molecule has 1 aromatic heterocycles. The largest absolute Gasteiger partial charge is 0.472 e. The van der Waals surface area contributed by atoms with Gasteiger partial charge in [0, 0.05) is 18.8 Å². The molecule has 0 bridgehead atoms. The zero-order valence-electron chi connectivity index (χ0n) is 13.2. The molecular weight excluding hydrogens is 335 g/mol. The molecule has 0 N–H and O–H groups in total. The fourth-order valence-corrected chi connectivity index (χ4v) is 2.83. The molecule has 1 saturated heterocycles. The van der Waals surface area contributed by atoms with E-state index in [1.807, 2.05) is 0 Å². The number of carbonyl (C=O) groups excluding carboxylic acids is 1. The van der Waals surface area contributed by atoms with E-state index in [1.54, 1.807) is 6.07 Å². The fraction of sp³-hybridized carbons (Fsp3) is 0.353. The number of nitrogens with zero attached hydrogens (tertiary/aromatic N) is 3. The smallest absolute Gasteiger partial charge is 0.417 e. The van der Waals surface area contributed by atoms with E-state index in [-0.39, 0.29) is 18.2 Å². The number of rotatable bonds is 3. The Hall–Kier alpha value is -2.64. The second-order valence-electron chi connectivity index (χ2n) is 5.72. The summed E-state index contributed by atoms with van der Waals surface area (Å²) in [5.74, 6) is -0.256. The maximum absolute atomic E-state index is 13.1. The van der Waals surface area contributed by atoms with Gasteiger partial charge < -0.3 is 9.64 Å². The van der Waals surface area contributed by atoms with Crippen LogP contribution in [0.4, 0.5) is 13.2 Å². The Labute approximate surface area is 142 Å². The van der Waals surface area contributed by atoms with Crippen LogP contribution in [0.25, 0.3) is 0 Å². The number of amides is 1. The first-order chi connectivity index (χ1) is 11.9. The van der Waals surface area contributed by atoms with E-state index < -0.39 is 17.6 Å². The highest BCUT2D eigenvalue weighted by Gasteiger charge is 2.36. The molecule has 132 valence electrons. The molecule has 1 aromatic carbocycles. The Morgan fingerprint density at radius 1 is 1.24 bits per heavy atom. The summed E-state index contributed by atoms with van der Waals surface area (Å²) in [4.78, 5) is 21.8. The number of ether oxygens (including phenoxy) is 1. The van der Waals surface area contributed by atoms with Crippen molar-refractivity contribution < 1.29 is 22.7 Å². The average molecular weight is 351 g/mol. The molecule has 2 aromatic rings. The van der Waals surface area contributed by atoms with Crippen LogP contribution in [0.2, 0.25) is 0 Å². The molecule has 1 amide bonds. The van der Waals surface area contributed by atoms with E-state index in [9.17, 15) is 18.0 Å². The van der Waals surface area contributed by atoms with Crippen LogP contribution in [-0.2, 0) is 6.18 Å². The van der Waals surface area contributed by atoms with Crippen LogP contribution in [-0.4, -0.2) is 40.0 Å². The molecule has 0 aliphatic carbocycles. The summed E-state index contributed by atoms with van der Waals surface area (Å²) in [5, 5.41) is 0. The number of benzene rings is 1. The SMILES string of the molecule is O=C(c1ccccc1C(F)(F)F)N1CCCC(Oc2ccncn2)C1. The van der Waals surface area contributed by atoms with E-state index in [0.717, 1.165) is 6.07 Å². The van der Waals surface area contributed by atoms with Gasteiger partial charge in [-0.25, -0.2) is 9.97 Å². The van der Waals surface area contributed by atoms with Crippen molar-refractivity contribution in [3.05, 3.63) is 54.0 Å². The predicted octanol–water partition coefficient (Wildman–Crippen LogP) is 3.18. The number of hydrogen-bond donors (Lipinski definition) is 0. The van der Waals surface area contributed by atoms with Crippen molar-refractivity contribution in [2.24, 2.45) is 0 Å². The van der Waals surface area contributed by atoms with Crippen LogP contribution in [0.1, 0.15) is 28.8 Å². The molecule has 8 heteroatoms.